The molecule has 0 atom stereocenters. The topological polar surface area (TPSA) is 64.0 Å². The van der Waals surface area contributed by atoms with Crippen LogP contribution < -0.4 is 5.32 Å². The van der Waals surface area contributed by atoms with Gasteiger partial charge in [-0.2, -0.15) is 5.10 Å². The molecule has 1 N–H and O–H groups in total. The fraction of sp³-hybridized carbons (Fsp3) is 0.154. The summed E-state index contributed by atoms with van der Waals surface area (Å²) in [6, 6.07) is 10.4. The average Bonchev–Trinajstić information content (AvgIpc) is 2.76. The molecule has 2 aromatic rings. The summed E-state index contributed by atoms with van der Waals surface area (Å²) in [7, 11) is 1.72. The lowest BCUT2D eigenvalue weighted by Gasteiger charge is -2.04. The number of amides is 1. The second-order valence-corrected chi connectivity index (χ2v) is 3.85. The molecule has 0 bridgehead atoms. The van der Waals surface area contributed by atoms with Crippen molar-refractivity contribution >= 4 is 17.5 Å². The number of nitrogens with zero attached hydrogens (tertiary/aromatic N) is 2. The van der Waals surface area contributed by atoms with Crippen molar-refractivity contribution in [1.29, 1.82) is 0 Å². The third kappa shape index (κ3) is 2.82. The molecule has 1 heterocycles. The molecule has 2 rings (SSSR count). The third-order valence-corrected chi connectivity index (χ3v) is 2.51. The Bertz CT molecular complexity index is 561. The van der Waals surface area contributed by atoms with Crippen molar-refractivity contribution in [2.45, 2.75) is 6.42 Å². The zero-order valence-corrected chi connectivity index (χ0v) is 9.96. The molecule has 0 unspecified atom stereocenters. The summed E-state index contributed by atoms with van der Waals surface area (Å²) in [5.74, 6) is 0.0311. The number of aryl methyl sites for hydroxylation is 1. The zero-order chi connectivity index (χ0) is 13.0. The summed E-state index contributed by atoms with van der Waals surface area (Å²) in [4.78, 5) is 23.5. The maximum atomic E-state index is 11.8. The van der Waals surface area contributed by atoms with E-state index in [2.05, 4.69) is 10.4 Å². The minimum Gasteiger partial charge on any atom is -0.311 e. The molecule has 5 heteroatoms. The van der Waals surface area contributed by atoms with Gasteiger partial charge in [0.1, 0.15) is 5.82 Å². The number of anilines is 1. The summed E-state index contributed by atoms with van der Waals surface area (Å²) in [6.45, 7) is 0. The van der Waals surface area contributed by atoms with E-state index in [1.807, 2.05) is 6.07 Å². The summed E-state index contributed by atoms with van der Waals surface area (Å²) < 4.78 is 1.53. The second kappa shape index (κ2) is 5.27. The van der Waals surface area contributed by atoms with E-state index in [0.29, 0.717) is 11.4 Å². The highest BCUT2D eigenvalue weighted by Gasteiger charge is 2.12. The molecular weight excluding hydrogens is 230 g/mol. The average molecular weight is 243 g/mol. The lowest BCUT2D eigenvalue weighted by molar-refractivity contribution is -0.115. The maximum absolute atomic E-state index is 11.8. The number of carbonyl (C=O) groups excluding carboxylic acids is 2. The van der Waals surface area contributed by atoms with Gasteiger partial charge in [-0.3, -0.25) is 14.3 Å². The van der Waals surface area contributed by atoms with E-state index >= 15 is 0 Å². The lowest BCUT2D eigenvalue weighted by Crippen LogP contribution is -2.18. The van der Waals surface area contributed by atoms with Gasteiger partial charge in [0.2, 0.25) is 5.91 Å². The van der Waals surface area contributed by atoms with Crippen LogP contribution in [-0.2, 0) is 11.8 Å². The minimum absolute atomic E-state index is 0.171. The molecule has 0 spiro atoms. The van der Waals surface area contributed by atoms with E-state index in [4.69, 9.17) is 0 Å². The van der Waals surface area contributed by atoms with Crippen molar-refractivity contribution in [2.24, 2.45) is 7.05 Å². The maximum Gasteiger partial charge on any atom is 0.233 e. The van der Waals surface area contributed by atoms with Crippen molar-refractivity contribution < 1.29 is 9.59 Å². The Morgan fingerprint density at radius 2 is 1.94 bits per heavy atom. The van der Waals surface area contributed by atoms with Gasteiger partial charge in [0, 0.05) is 18.7 Å². The normalized spacial score (nSPS) is 10.1. The van der Waals surface area contributed by atoms with Gasteiger partial charge in [0.25, 0.3) is 0 Å². The summed E-state index contributed by atoms with van der Waals surface area (Å²) in [5.41, 5.74) is 0.539. The molecule has 0 aliphatic rings. The first-order chi connectivity index (χ1) is 8.66. The van der Waals surface area contributed by atoms with Crippen LogP contribution >= 0.6 is 0 Å². The van der Waals surface area contributed by atoms with Crippen LogP contribution in [0.1, 0.15) is 16.8 Å². The number of nitrogens with one attached hydrogen (secondary N) is 1. The van der Waals surface area contributed by atoms with Crippen LogP contribution in [0.25, 0.3) is 0 Å². The number of ketones is 1. The molecule has 1 amide bonds. The standard InChI is InChI=1S/C13H13N3O2/c1-16-12(7-8-14-16)15-13(18)9-11(17)10-5-3-2-4-6-10/h2-8H,9H2,1H3,(H,15,18). The number of aromatic nitrogens is 2. The predicted molar refractivity (Wildman–Crippen MR) is 67.2 cm³/mol. The monoisotopic (exact) mass is 243 g/mol. The van der Waals surface area contributed by atoms with Crippen LogP contribution in [-0.4, -0.2) is 21.5 Å². The number of Topliss-reactive ketones (excluding diaryl/α,β-unsaturated/α-hetero) is 1. The molecule has 18 heavy (non-hydrogen) atoms. The van der Waals surface area contributed by atoms with Crippen LogP contribution in [0.4, 0.5) is 5.82 Å². The van der Waals surface area contributed by atoms with Crippen molar-refractivity contribution in [3.63, 3.8) is 0 Å². The molecule has 0 aliphatic carbocycles. The van der Waals surface area contributed by atoms with E-state index in [-0.39, 0.29) is 18.1 Å². The Morgan fingerprint density at radius 1 is 1.22 bits per heavy atom. The van der Waals surface area contributed by atoms with Crippen LogP contribution in [0, 0.1) is 0 Å². The number of benzene rings is 1. The highest BCUT2D eigenvalue weighted by molar-refractivity contribution is 6.10. The molecule has 0 radical (unpaired) electrons. The molecule has 1 aromatic carbocycles. The summed E-state index contributed by atoms with van der Waals surface area (Å²) in [5, 5.41) is 6.56. The van der Waals surface area contributed by atoms with E-state index in [1.54, 1.807) is 43.6 Å². The Morgan fingerprint density at radius 3 is 2.56 bits per heavy atom. The molecule has 0 aliphatic heterocycles. The quantitative estimate of drug-likeness (QED) is 0.655. The fourth-order valence-electron chi connectivity index (χ4n) is 1.56. The third-order valence-electron chi connectivity index (χ3n) is 2.51. The predicted octanol–water partition coefficient (Wildman–Crippen LogP) is 1.63. The first kappa shape index (κ1) is 12.0. The fourth-order valence-corrected chi connectivity index (χ4v) is 1.56. The van der Waals surface area contributed by atoms with E-state index in [0.717, 1.165) is 0 Å². The van der Waals surface area contributed by atoms with Crippen molar-refractivity contribution in [1.82, 2.24) is 9.78 Å². The van der Waals surface area contributed by atoms with Gasteiger partial charge in [-0.15, -0.1) is 0 Å². The van der Waals surface area contributed by atoms with Crippen molar-refractivity contribution in [3.8, 4) is 0 Å². The largest absolute Gasteiger partial charge is 0.311 e. The zero-order valence-electron chi connectivity index (χ0n) is 9.96. The van der Waals surface area contributed by atoms with Crippen molar-refractivity contribution in [3.05, 3.63) is 48.2 Å². The number of carbonyl (C=O) groups is 2. The molecular formula is C13H13N3O2. The number of hydrogen-bond donors (Lipinski definition) is 1. The van der Waals surface area contributed by atoms with E-state index in [1.165, 1.54) is 4.68 Å². The molecule has 5 nitrogen and oxygen atoms in total. The minimum atomic E-state index is -0.340. The van der Waals surface area contributed by atoms with Gasteiger partial charge in [-0.1, -0.05) is 30.3 Å². The van der Waals surface area contributed by atoms with Gasteiger partial charge >= 0.3 is 0 Å². The Hall–Kier alpha value is -2.43. The molecule has 1 aromatic heterocycles. The Balaban J connectivity index is 1.96. The van der Waals surface area contributed by atoms with Gasteiger partial charge in [-0.05, 0) is 0 Å². The molecule has 0 fully saturated rings. The molecule has 0 saturated heterocycles. The smallest absolute Gasteiger partial charge is 0.233 e. The first-order valence-electron chi connectivity index (χ1n) is 5.53. The van der Waals surface area contributed by atoms with E-state index in [9.17, 15) is 9.59 Å². The number of rotatable bonds is 4. The van der Waals surface area contributed by atoms with Gasteiger partial charge in [-0.25, -0.2) is 0 Å². The highest BCUT2D eigenvalue weighted by Crippen LogP contribution is 2.07. The SMILES string of the molecule is Cn1nccc1NC(=O)CC(=O)c1ccccc1. The number of hydrogen-bond acceptors (Lipinski definition) is 3. The molecule has 92 valence electrons. The second-order valence-electron chi connectivity index (χ2n) is 3.85. The molecule has 0 saturated carbocycles. The van der Waals surface area contributed by atoms with Gasteiger partial charge in [0.05, 0.1) is 12.6 Å². The van der Waals surface area contributed by atoms with Crippen LogP contribution in [0.5, 0.6) is 0 Å². The Labute approximate surface area is 104 Å². The highest BCUT2D eigenvalue weighted by atomic mass is 16.2. The van der Waals surface area contributed by atoms with Crippen LogP contribution in [0.3, 0.4) is 0 Å². The van der Waals surface area contributed by atoms with Gasteiger partial charge in [0.15, 0.2) is 5.78 Å². The first-order valence-corrected chi connectivity index (χ1v) is 5.53. The Kier molecular flexibility index (Phi) is 3.52. The van der Waals surface area contributed by atoms with Crippen LogP contribution in [0.2, 0.25) is 0 Å². The van der Waals surface area contributed by atoms with Gasteiger partial charge < -0.3 is 5.32 Å². The summed E-state index contributed by atoms with van der Waals surface area (Å²) >= 11 is 0. The van der Waals surface area contributed by atoms with Crippen LogP contribution in [0.15, 0.2) is 42.6 Å². The summed E-state index contributed by atoms with van der Waals surface area (Å²) in [6.07, 6.45) is 1.41. The lowest BCUT2D eigenvalue weighted by atomic mass is 10.1. The van der Waals surface area contributed by atoms with E-state index < -0.39 is 0 Å². The van der Waals surface area contributed by atoms with Crippen molar-refractivity contribution in [2.75, 3.05) is 5.32 Å².